The van der Waals surface area contributed by atoms with Crippen molar-refractivity contribution in [3.05, 3.63) is 69.8 Å². The first-order valence-electron chi connectivity index (χ1n) is 10.1. The van der Waals surface area contributed by atoms with Gasteiger partial charge in [0.25, 0.3) is 5.56 Å². The number of methoxy groups -OCH3 is 1. The van der Waals surface area contributed by atoms with E-state index in [1.165, 1.54) is 5.69 Å². The van der Waals surface area contributed by atoms with Crippen LogP contribution < -0.4 is 15.2 Å². The molecule has 0 aliphatic carbocycles. The molecule has 1 aliphatic heterocycles. The number of aryl methyl sites for hydroxylation is 2. The molecule has 3 heterocycles. The molecular formula is C23H28N4O2. The molecule has 1 saturated heterocycles. The first-order valence-corrected chi connectivity index (χ1v) is 10.1. The lowest BCUT2D eigenvalue weighted by molar-refractivity contribution is 0.260. The first kappa shape index (κ1) is 19.5. The fourth-order valence-corrected chi connectivity index (χ4v) is 3.98. The minimum Gasteiger partial charge on any atom is -0.497 e. The zero-order chi connectivity index (χ0) is 20.4. The third kappa shape index (κ3) is 4.12. The van der Waals surface area contributed by atoms with Gasteiger partial charge in [-0.05, 0) is 50.1 Å². The van der Waals surface area contributed by atoms with E-state index in [9.17, 15) is 4.79 Å². The van der Waals surface area contributed by atoms with Gasteiger partial charge >= 0.3 is 0 Å². The predicted molar refractivity (Wildman–Crippen MR) is 116 cm³/mol. The van der Waals surface area contributed by atoms with Crippen molar-refractivity contribution < 1.29 is 4.74 Å². The molecule has 2 aromatic heterocycles. The lowest BCUT2D eigenvalue weighted by Crippen LogP contribution is -2.47. The summed E-state index contributed by atoms with van der Waals surface area (Å²) < 4.78 is 7.00. The molecule has 1 aliphatic rings. The summed E-state index contributed by atoms with van der Waals surface area (Å²) in [6, 6.07) is 12.1. The van der Waals surface area contributed by atoms with Gasteiger partial charge in [0.15, 0.2) is 0 Å². The molecular weight excluding hydrogens is 364 g/mol. The van der Waals surface area contributed by atoms with Crippen LogP contribution in [-0.4, -0.2) is 54.1 Å². The highest BCUT2D eigenvalue weighted by Gasteiger charge is 2.19. The molecule has 0 spiro atoms. The van der Waals surface area contributed by atoms with Crippen LogP contribution in [0.15, 0.2) is 47.4 Å². The Kier molecular flexibility index (Phi) is 5.53. The minimum atomic E-state index is 0.0579. The molecule has 152 valence electrons. The smallest absolute Gasteiger partial charge is 0.261 e. The van der Waals surface area contributed by atoms with Crippen molar-refractivity contribution in [2.75, 3.05) is 44.7 Å². The van der Waals surface area contributed by atoms with Crippen molar-refractivity contribution in [2.45, 2.75) is 20.3 Å². The Hall–Kier alpha value is -2.86. The first-order chi connectivity index (χ1) is 14.0. The molecule has 6 nitrogen and oxygen atoms in total. The fraction of sp³-hybridized carbons (Fsp3) is 0.391. The van der Waals surface area contributed by atoms with Crippen molar-refractivity contribution >= 4 is 11.3 Å². The second-order valence-corrected chi connectivity index (χ2v) is 7.69. The molecule has 1 fully saturated rings. The average Bonchev–Trinajstić information content (AvgIpc) is 2.74. The second kappa shape index (κ2) is 8.25. The van der Waals surface area contributed by atoms with Gasteiger partial charge in [0.1, 0.15) is 11.4 Å². The van der Waals surface area contributed by atoms with Crippen molar-refractivity contribution in [1.29, 1.82) is 0 Å². The molecule has 0 bridgehead atoms. The summed E-state index contributed by atoms with van der Waals surface area (Å²) in [5, 5.41) is 0. The monoisotopic (exact) mass is 392 g/mol. The van der Waals surface area contributed by atoms with Gasteiger partial charge in [0.2, 0.25) is 0 Å². The number of hydrogen-bond donors (Lipinski definition) is 0. The standard InChI is InChI=1S/C23H28N4O2/c1-17-7-10-27-22(15-17)24-18(2)21(23(27)28)8-9-25-11-13-26(14-12-25)19-5-4-6-20(16-19)29-3/h4-7,10,15-16H,8-9,11-14H2,1-3H3. The fourth-order valence-electron chi connectivity index (χ4n) is 3.98. The van der Waals surface area contributed by atoms with Gasteiger partial charge in [-0.15, -0.1) is 0 Å². The number of benzene rings is 1. The Bertz CT molecular complexity index is 1070. The Morgan fingerprint density at radius 1 is 1.07 bits per heavy atom. The SMILES string of the molecule is COc1cccc(N2CCN(CCc3c(C)nc4cc(C)ccn4c3=O)CC2)c1. The van der Waals surface area contributed by atoms with E-state index in [2.05, 4.69) is 26.9 Å². The van der Waals surface area contributed by atoms with Gasteiger partial charge in [-0.1, -0.05) is 6.07 Å². The normalized spacial score (nSPS) is 15.1. The Morgan fingerprint density at radius 2 is 1.86 bits per heavy atom. The molecule has 0 radical (unpaired) electrons. The predicted octanol–water partition coefficient (Wildman–Crippen LogP) is 2.68. The van der Waals surface area contributed by atoms with Crippen LogP contribution in [0.5, 0.6) is 5.75 Å². The van der Waals surface area contributed by atoms with Crippen LogP contribution in [0.1, 0.15) is 16.8 Å². The quantitative estimate of drug-likeness (QED) is 0.668. The maximum atomic E-state index is 12.9. The number of fused-ring (bicyclic) bond motifs is 1. The van der Waals surface area contributed by atoms with Gasteiger partial charge in [-0.3, -0.25) is 14.1 Å². The maximum Gasteiger partial charge on any atom is 0.261 e. The van der Waals surface area contributed by atoms with Crippen LogP contribution in [0.25, 0.3) is 5.65 Å². The van der Waals surface area contributed by atoms with Gasteiger partial charge in [-0.25, -0.2) is 4.98 Å². The molecule has 4 rings (SSSR count). The zero-order valence-electron chi connectivity index (χ0n) is 17.4. The second-order valence-electron chi connectivity index (χ2n) is 7.69. The highest BCUT2D eigenvalue weighted by Crippen LogP contribution is 2.22. The van der Waals surface area contributed by atoms with Crippen molar-refractivity contribution in [2.24, 2.45) is 0 Å². The lowest BCUT2D eigenvalue weighted by atomic mass is 10.1. The summed E-state index contributed by atoms with van der Waals surface area (Å²) in [5.74, 6) is 0.889. The number of anilines is 1. The number of nitrogens with zero attached hydrogens (tertiary/aromatic N) is 4. The van der Waals surface area contributed by atoms with Crippen LogP contribution in [0.4, 0.5) is 5.69 Å². The van der Waals surface area contributed by atoms with E-state index in [4.69, 9.17) is 4.74 Å². The van der Waals surface area contributed by atoms with Crippen molar-refractivity contribution in [3.8, 4) is 5.75 Å². The highest BCUT2D eigenvalue weighted by atomic mass is 16.5. The summed E-state index contributed by atoms with van der Waals surface area (Å²) in [6.07, 6.45) is 2.56. The molecule has 29 heavy (non-hydrogen) atoms. The van der Waals surface area contributed by atoms with Crippen LogP contribution in [0, 0.1) is 13.8 Å². The third-order valence-electron chi connectivity index (χ3n) is 5.75. The van der Waals surface area contributed by atoms with E-state index in [0.29, 0.717) is 0 Å². The Morgan fingerprint density at radius 3 is 2.62 bits per heavy atom. The van der Waals surface area contributed by atoms with E-state index < -0.39 is 0 Å². The molecule has 0 amide bonds. The van der Waals surface area contributed by atoms with Gasteiger partial charge < -0.3 is 9.64 Å². The van der Waals surface area contributed by atoms with Crippen LogP contribution in [-0.2, 0) is 6.42 Å². The number of pyridine rings is 1. The van der Waals surface area contributed by atoms with E-state index in [1.54, 1.807) is 11.5 Å². The summed E-state index contributed by atoms with van der Waals surface area (Å²) >= 11 is 0. The highest BCUT2D eigenvalue weighted by molar-refractivity contribution is 5.51. The van der Waals surface area contributed by atoms with Gasteiger partial charge in [0, 0.05) is 61.9 Å². The Balaban J connectivity index is 1.40. The minimum absolute atomic E-state index is 0.0579. The van der Waals surface area contributed by atoms with E-state index >= 15 is 0 Å². The molecule has 0 unspecified atom stereocenters. The topological polar surface area (TPSA) is 50.1 Å². The Labute approximate surface area is 171 Å². The van der Waals surface area contributed by atoms with Crippen LogP contribution >= 0.6 is 0 Å². The number of ether oxygens (including phenoxy) is 1. The van der Waals surface area contributed by atoms with E-state index in [-0.39, 0.29) is 5.56 Å². The van der Waals surface area contributed by atoms with Gasteiger partial charge in [0.05, 0.1) is 7.11 Å². The average molecular weight is 393 g/mol. The molecule has 3 aromatic rings. The number of aromatic nitrogens is 2. The van der Waals surface area contributed by atoms with Crippen LogP contribution in [0.3, 0.4) is 0 Å². The van der Waals surface area contributed by atoms with E-state index in [1.807, 2.05) is 44.3 Å². The zero-order valence-corrected chi connectivity index (χ0v) is 17.4. The number of hydrogen-bond acceptors (Lipinski definition) is 5. The van der Waals surface area contributed by atoms with Gasteiger partial charge in [-0.2, -0.15) is 0 Å². The van der Waals surface area contributed by atoms with Crippen LogP contribution in [0.2, 0.25) is 0 Å². The lowest BCUT2D eigenvalue weighted by Gasteiger charge is -2.36. The number of piperazine rings is 1. The molecule has 6 heteroatoms. The molecule has 0 saturated carbocycles. The summed E-state index contributed by atoms with van der Waals surface area (Å²) in [6.45, 7) is 8.75. The summed E-state index contributed by atoms with van der Waals surface area (Å²) in [4.78, 5) is 22.4. The number of rotatable bonds is 5. The van der Waals surface area contributed by atoms with Crippen molar-refractivity contribution in [3.63, 3.8) is 0 Å². The summed E-state index contributed by atoms with van der Waals surface area (Å²) in [5.41, 5.74) is 4.76. The maximum absolute atomic E-state index is 12.9. The largest absolute Gasteiger partial charge is 0.497 e. The third-order valence-corrected chi connectivity index (χ3v) is 5.75. The van der Waals surface area contributed by atoms with Crippen molar-refractivity contribution in [1.82, 2.24) is 14.3 Å². The molecule has 0 N–H and O–H groups in total. The summed E-state index contributed by atoms with van der Waals surface area (Å²) in [7, 11) is 1.70. The molecule has 0 atom stereocenters. The van der Waals surface area contributed by atoms with E-state index in [0.717, 1.165) is 67.4 Å². The molecule has 1 aromatic carbocycles.